The van der Waals surface area contributed by atoms with Crippen molar-refractivity contribution in [3.8, 4) is 0 Å². The molecule has 5 heteroatoms. The highest BCUT2D eigenvalue weighted by Crippen LogP contribution is 1.85. The largest absolute Gasteiger partial charge is 0.369 e. The molecule has 0 aromatic rings. The zero-order chi connectivity index (χ0) is 8.69. The van der Waals surface area contributed by atoms with Gasteiger partial charge in [-0.2, -0.15) is 0 Å². The first-order chi connectivity index (χ1) is 5.22. The lowest BCUT2D eigenvalue weighted by atomic mass is 10.6. The van der Waals surface area contributed by atoms with Crippen LogP contribution in [0.3, 0.4) is 0 Å². The normalized spacial score (nSPS) is 9.73. The van der Waals surface area contributed by atoms with Crippen molar-refractivity contribution in [2.75, 3.05) is 34.0 Å². The van der Waals surface area contributed by atoms with E-state index < -0.39 is 0 Å². The molecule has 0 aromatic carbocycles. The third kappa shape index (κ3) is 4.72. The highest BCUT2D eigenvalue weighted by Gasteiger charge is 2.06. The van der Waals surface area contributed by atoms with Crippen LogP contribution in [-0.4, -0.2) is 44.9 Å². The van der Waals surface area contributed by atoms with Gasteiger partial charge in [0.2, 0.25) is 0 Å². The molecule has 0 atom stereocenters. The second kappa shape index (κ2) is 6.09. The fourth-order valence-electron chi connectivity index (χ4n) is 0.411. The predicted octanol–water partition coefficient (Wildman–Crippen LogP) is -0.547. The van der Waals surface area contributed by atoms with Crippen LogP contribution in [0.4, 0.5) is 0 Å². The Morgan fingerprint density at radius 1 is 1.55 bits per heavy atom. The summed E-state index contributed by atoms with van der Waals surface area (Å²) in [7, 11) is 2.86. The first-order valence-electron chi connectivity index (χ1n) is 3.19. The summed E-state index contributed by atoms with van der Waals surface area (Å²) in [6.07, 6.45) is 0. The molecule has 5 nitrogen and oxygen atoms in total. The van der Waals surface area contributed by atoms with Gasteiger partial charge in [-0.1, -0.05) is 0 Å². The van der Waals surface area contributed by atoms with E-state index in [1.807, 2.05) is 0 Å². The molecule has 0 spiro atoms. The number of amides is 1. The Morgan fingerprint density at radius 2 is 2.18 bits per heavy atom. The van der Waals surface area contributed by atoms with Crippen molar-refractivity contribution in [3.63, 3.8) is 0 Å². The molecule has 0 aliphatic rings. The summed E-state index contributed by atoms with van der Waals surface area (Å²) >= 11 is 0. The third-order valence-electron chi connectivity index (χ3n) is 1.08. The maximum Gasteiger partial charge on any atom is 0.271 e. The van der Waals surface area contributed by atoms with Crippen molar-refractivity contribution in [1.29, 1.82) is 0 Å². The van der Waals surface area contributed by atoms with Crippen LogP contribution >= 0.6 is 0 Å². The Bertz CT molecular complexity index is 117. The van der Waals surface area contributed by atoms with Crippen molar-refractivity contribution < 1.29 is 19.5 Å². The number of hydroxylamine groups is 2. The Morgan fingerprint density at radius 3 is 2.64 bits per heavy atom. The fourth-order valence-corrected chi connectivity index (χ4v) is 0.411. The SMILES string of the molecule is CON(C)C(=O)COCC[O]. The lowest BCUT2D eigenvalue weighted by Gasteiger charge is -2.12. The minimum absolute atomic E-state index is 0.0588. The molecule has 0 heterocycles. The molecule has 0 bridgehead atoms. The van der Waals surface area contributed by atoms with Crippen LogP contribution in [0.25, 0.3) is 0 Å². The summed E-state index contributed by atoms with van der Waals surface area (Å²) in [6, 6.07) is 0. The number of likely N-dealkylation sites (N-methyl/N-ethyl adjacent to an activating group) is 1. The van der Waals surface area contributed by atoms with Gasteiger partial charge in [-0.3, -0.25) is 9.63 Å². The summed E-state index contributed by atoms with van der Waals surface area (Å²) in [5.41, 5.74) is 0. The molecule has 0 saturated heterocycles. The van der Waals surface area contributed by atoms with Gasteiger partial charge in [-0.05, 0) is 0 Å². The smallest absolute Gasteiger partial charge is 0.271 e. The molecule has 0 aliphatic heterocycles. The fraction of sp³-hybridized carbons (Fsp3) is 0.833. The molecule has 0 fully saturated rings. The monoisotopic (exact) mass is 162 g/mol. The number of hydrogen-bond acceptors (Lipinski definition) is 3. The van der Waals surface area contributed by atoms with Crippen LogP contribution in [0.15, 0.2) is 0 Å². The number of carbonyl (C=O) groups is 1. The summed E-state index contributed by atoms with van der Waals surface area (Å²) in [5.74, 6) is -0.305. The van der Waals surface area contributed by atoms with Gasteiger partial charge in [-0.15, -0.1) is 0 Å². The zero-order valence-corrected chi connectivity index (χ0v) is 6.70. The summed E-state index contributed by atoms with van der Waals surface area (Å²) in [4.78, 5) is 15.4. The zero-order valence-electron chi connectivity index (χ0n) is 6.70. The Kier molecular flexibility index (Phi) is 5.73. The van der Waals surface area contributed by atoms with Crippen molar-refractivity contribution >= 4 is 5.91 Å². The van der Waals surface area contributed by atoms with E-state index in [1.54, 1.807) is 0 Å². The number of rotatable bonds is 5. The van der Waals surface area contributed by atoms with Crippen LogP contribution in [0, 0.1) is 0 Å². The molecule has 0 saturated carbocycles. The average Bonchev–Trinajstić information content (AvgIpc) is 2.03. The maximum atomic E-state index is 10.8. The van der Waals surface area contributed by atoms with E-state index in [-0.39, 0.29) is 25.7 Å². The lowest BCUT2D eigenvalue weighted by molar-refractivity contribution is -0.173. The quantitative estimate of drug-likeness (QED) is 0.402. The number of hydrogen-bond donors (Lipinski definition) is 0. The maximum absolute atomic E-state index is 10.8. The van der Waals surface area contributed by atoms with Crippen LogP contribution in [0.2, 0.25) is 0 Å². The van der Waals surface area contributed by atoms with Crippen LogP contribution in [0.1, 0.15) is 0 Å². The molecule has 0 unspecified atom stereocenters. The van der Waals surface area contributed by atoms with Crippen molar-refractivity contribution in [3.05, 3.63) is 0 Å². The number of ether oxygens (including phenoxy) is 1. The minimum Gasteiger partial charge on any atom is -0.369 e. The summed E-state index contributed by atoms with van der Waals surface area (Å²) in [5, 5.41) is 10.9. The Hall–Kier alpha value is -0.650. The van der Waals surface area contributed by atoms with Gasteiger partial charge < -0.3 is 4.74 Å². The number of carbonyl (C=O) groups excluding carboxylic acids is 1. The van der Waals surface area contributed by atoms with Gasteiger partial charge in [0.1, 0.15) is 13.2 Å². The summed E-state index contributed by atoms with van der Waals surface area (Å²) in [6.45, 7) is -0.375. The van der Waals surface area contributed by atoms with E-state index in [0.29, 0.717) is 0 Å². The van der Waals surface area contributed by atoms with E-state index in [2.05, 4.69) is 9.57 Å². The van der Waals surface area contributed by atoms with Crippen molar-refractivity contribution in [2.24, 2.45) is 0 Å². The Labute approximate surface area is 65.5 Å². The summed E-state index contributed by atoms with van der Waals surface area (Å²) < 4.78 is 4.68. The lowest BCUT2D eigenvalue weighted by Crippen LogP contribution is -2.29. The molecule has 0 aliphatic carbocycles. The standard InChI is InChI=1S/C6H12NO4/c1-7(10-2)6(9)5-11-4-3-8/h3-5H2,1-2H3. The van der Waals surface area contributed by atoms with Crippen LogP contribution in [0.5, 0.6) is 0 Å². The van der Waals surface area contributed by atoms with Crippen LogP contribution < -0.4 is 0 Å². The molecular formula is C6H12NO4. The minimum atomic E-state index is -0.329. The van der Waals surface area contributed by atoms with Gasteiger partial charge in [0.15, 0.2) is 0 Å². The predicted molar refractivity (Wildman–Crippen MR) is 36.2 cm³/mol. The molecule has 0 rings (SSSR count). The van der Waals surface area contributed by atoms with Gasteiger partial charge in [0, 0.05) is 7.05 Å². The van der Waals surface area contributed by atoms with Gasteiger partial charge >= 0.3 is 0 Å². The molecule has 1 radical (unpaired) electrons. The van der Waals surface area contributed by atoms with Gasteiger partial charge in [0.25, 0.3) is 5.91 Å². The van der Waals surface area contributed by atoms with E-state index in [9.17, 15) is 9.90 Å². The molecule has 65 valence electrons. The van der Waals surface area contributed by atoms with Gasteiger partial charge in [0.05, 0.1) is 13.7 Å². The van der Waals surface area contributed by atoms with Crippen LogP contribution in [-0.2, 0) is 19.5 Å². The third-order valence-corrected chi connectivity index (χ3v) is 1.08. The van der Waals surface area contributed by atoms with Crippen molar-refractivity contribution in [1.82, 2.24) is 5.06 Å². The van der Waals surface area contributed by atoms with E-state index in [0.717, 1.165) is 5.06 Å². The average molecular weight is 162 g/mol. The molecular weight excluding hydrogens is 150 g/mol. The van der Waals surface area contributed by atoms with E-state index >= 15 is 0 Å². The number of nitrogens with zero attached hydrogens (tertiary/aromatic N) is 1. The highest BCUT2D eigenvalue weighted by molar-refractivity contribution is 5.75. The first kappa shape index (κ1) is 10.3. The first-order valence-corrected chi connectivity index (χ1v) is 3.19. The van der Waals surface area contributed by atoms with E-state index in [1.165, 1.54) is 14.2 Å². The van der Waals surface area contributed by atoms with Crippen molar-refractivity contribution in [2.45, 2.75) is 0 Å². The molecule has 1 amide bonds. The highest BCUT2D eigenvalue weighted by atomic mass is 16.7. The Balaban J connectivity index is 3.36. The topological polar surface area (TPSA) is 58.7 Å². The molecule has 0 N–H and O–H groups in total. The van der Waals surface area contributed by atoms with Gasteiger partial charge in [-0.25, -0.2) is 10.2 Å². The van der Waals surface area contributed by atoms with E-state index in [4.69, 9.17) is 0 Å². The molecule has 11 heavy (non-hydrogen) atoms. The second-order valence-corrected chi connectivity index (χ2v) is 1.83. The molecule has 0 aromatic heterocycles. The second-order valence-electron chi connectivity index (χ2n) is 1.83.